The highest BCUT2D eigenvalue weighted by Gasteiger charge is 2.19. The fraction of sp³-hybridized carbons (Fsp3) is 0.476. The Labute approximate surface area is 171 Å². The second-order valence-corrected chi connectivity index (χ2v) is 8.19. The summed E-state index contributed by atoms with van der Waals surface area (Å²) < 4.78 is 0. The molecule has 1 aliphatic heterocycles. The van der Waals surface area contributed by atoms with Crippen molar-refractivity contribution in [2.75, 3.05) is 27.2 Å². The minimum Gasteiger partial charge on any atom is -0.356 e. The number of carbonyl (C=O) groups excluding carboxylic acids is 1. The Bertz CT molecular complexity index is 832. The molecule has 0 radical (unpaired) electrons. The van der Waals surface area contributed by atoms with E-state index in [1.54, 1.807) is 18.4 Å². The van der Waals surface area contributed by atoms with Gasteiger partial charge in [-0.15, -0.1) is 11.3 Å². The van der Waals surface area contributed by atoms with E-state index in [0.29, 0.717) is 6.42 Å². The van der Waals surface area contributed by atoms with Gasteiger partial charge in [0.2, 0.25) is 5.91 Å². The smallest absolute Gasteiger partial charge is 0.222 e. The minimum absolute atomic E-state index is 0.234. The molecular formula is C21H29N5OS. The SMILES string of the molecule is CN=C(NCCCC(=O)N1CCc2ccccc2C1)N(C)Cc1csc(C)n1. The Kier molecular flexibility index (Phi) is 7.03. The van der Waals surface area contributed by atoms with Gasteiger partial charge in [-0.2, -0.15) is 0 Å². The first-order valence-electron chi connectivity index (χ1n) is 9.74. The van der Waals surface area contributed by atoms with E-state index in [1.165, 1.54) is 11.1 Å². The number of hydrogen-bond donors (Lipinski definition) is 1. The molecule has 1 amide bonds. The fourth-order valence-electron chi connectivity index (χ4n) is 3.49. The monoisotopic (exact) mass is 399 g/mol. The van der Waals surface area contributed by atoms with Crippen molar-refractivity contribution < 1.29 is 4.79 Å². The highest BCUT2D eigenvalue weighted by atomic mass is 32.1. The minimum atomic E-state index is 0.234. The highest BCUT2D eigenvalue weighted by molar-refractivity contribution is 7.09. The Hall–Kier alpha value is -2.41. The Morgan fingerprint density at radius 3 is 2.86 bits per heavy atom. The molecule has 2 aromatic rings. The molecule has 0 unspecified atom stereocenters. The van der Waals surface area contributed by atoms with Crippen molar-refractivity contribution in [2.45, 2.75) is 39.3 Å². The summed E-state index contributed by atoms with van der Waals surface area (Å²) >= 11 is 1.66. The molecule has 1 aromatic heterocycles. The summed E-state index contributed by atoms with van der Waals surface area (Å²) in [7, 11) is 3.78. The van der Waals surface area contributed by atoms with E-state index in [0.717, 1.165) is 55.7 Å². The average molecular weight is 400 g/mol. The standard InChI is InChI=1S/C21H29N5OS/c1-16-24-19(15-28-16)14-25(3)21(22-2)23-11-6-9-20(27)26-12-10-17-7-4-5-8-18(17)13-26/h4-5,7-8,15H,6,9-14H2,1-3H3,(H,22,23). The molecule has 0 fully saturated rings. The second kappa shape index (κ2) is 9.68. The largest absolute Gasteiger partial charge is 0.356 e. The van der Waals surface area contributed by atoms with E-state index in [2.05, 4.69) is 43.8 Å². The van der Waals surface area contributed by atoms with Crippen molar-refractivity contribution >= 4 is 23.2 Å². The first kappa shape index (κ1) is 20.3. The lowest BCUT2D eigenvalue weighted by atomic mass is 9.99. The van der Waals surface area contributed by atoms with E-state index < -0.39 is 0 Å². The molecule has 1 N–H and O–H groups in total. The number of aromatic nitrogens is 1. The van der Waals surface area contributed by atoms with Crippen LogP contribution in [0.2, 0.25) is 0 Å². The number of nitrogens with one attached hydrogen (secondary N) is 1. The number of hydrogen-bond acceptors (Lipinski definition) is 4. The van der Waals surface area contributed by atoms with Gasteiger partial charge in [0.05, 0.1) is 17.2 Å². The number of amides is 1. The van der Waals surface area contributed by atoms with Gasteiger partial charge in [0.25, 0.3) is 0 Å². The Balaban J connectivity index is 1.40. The van der Waals surface area contributed by atoms with Crippen molar-refractivity contribution in [3.05, 3.63) is 51.5 Å². The first-order chi connectivity index (χ1) is 13.6. The Morgan fingerprint density at radius 1 is 1.36 bits per heavy atom. The van der Waals surface area contributed by atoms with Crippen LogP contribution < -0.4 is 5.32 Å². The van der Waals surface area contributed by atoms with E-state index in [9.17, 15) is 4.79 Å². The summed E-state index contributed by atoms with van der Waals surface area (Å²) in [6, 6.07) is 8.41. The molecule has 0 aliphatic carbocycles. The summed E-state index contributed by atoms with van der Waals surface area (Å²) in [5.41, 5.74) is 3.70. The van der Waals surface area contributed by atoms with Crippen LogP contribution in [0.5, 0.6) is 0 Å². The van der Waals surface area contributed by atoms with Gasteiger partial charge in [-0.1, -0.05) is 24.3 Å². The molecule has 0 bridgehead atoms. The molecule has 28 heavy (non-hydrogen) atoms. The van der Waals surface area contributed by atoms with Crippen molar-refractivity contribution in [3.63, 3.8) is 0 Å². The zero-order valence-corrected chi connectivity index (χ0v) is 17.8. The molecule has 1 aromatic carbocycles. The van der Waals surface area contributed by atoms with Crippen molar-refractivity contribution in [1.82, 2.24) is 20.1 Å². The van der Waals surface area contributed by atoms with Gasteiger partial charge in [0.1, 0.15) is 0 Å². The zero-order chi connectivity index (χ0) is 19.9. The topological polar surface area (TPSA) is 60.8 Å². The number of nitrogens with zero attached hydrogens (tertiary/aromatic N) is 4. The molecule has 6 nitrogen and oxygen atoms in total. The van der Waals surface area contributed by atoms with Gasteiger partial charge in [0, 0.05) is 45.5 Å². The van der Waals surface area contributed by atoms with Crippen LogP contribution in [-0.2, 0) is 24.3 Å². The normalized spacial score (nSPS) is 14.0. The Morgan fingerprint density at radius 2 is 2.14 bits per heavy atom. The van der Waals surface area contributed by atoms with Crippen LogP contribution >= 0.6 is 11.3 Å². The number of thiazole rings is 1. The number of fused-ring (bicyclic) bond motifs is 1. The van der Waals surface area contributed by atoms with Crippen LogP contribution in [0.4, 0.5) is 0 Å². The van der Waals surface area contributed by atoms with Crippen molar-refractivity contribution in [2.24, 2.45) is 4.99 Å². The van der Waals surface area contributed by atoms with Crippen LogP contribution in [-0.4, -0.2) is 53.8 Å². The second-order valence-electron chi connectivity index (χ2n) is 7.13. The molecule has 2 heterocycles. The summed E-state index contributed by atoms with van der Waals surface area (Å²) in [6.07, 6.45) is 2.30. The van der Waals surface area contributed by atoms with E-state index in [4.69, 9.17) is 0 Å². The number of rotatable bonds is 6. The molecule has 0 saturated heterocycles. The number of carbonyl (C=O) groups is 1. The maximum atomic E-state index is 12.5. The van der Waals surface area contributed by atoms with E-state index in [1.807, 2.05) is 24.9 Å². The van der Waals surface area contributed by atoms with Gasteiger partial charge < -0.3 is 15.1 Å². The molecule has 1 aliphatic rings. The van der Waals surface area contributed by atoms with Crippen LogP contribution in [0.3, 0.4) is 0 Å². The number of guanidine groups is 1. The lowest BCUT2D eigenvalue weighted by molar-refractivity contribution is -0.132. The van der Waals surface area contributed by atoms with Crippen molar-refractivity contribution in [1.29, 1.82) is 0 Å². The van der Waals surface area contributed by atoms with Crippen LogP contribution in [0.1, 0.15) is 34.7 Å². The highest BCUT2D eigenvalue weighted by Crippen LogP contribution is 2.19. The summed E-state index contributed by atoms with van der Waals surface area (Å²) in [5.74, 6) is 1.06. The first-order valence-corrected chi connectivity index (χ1v) is 10.6. The van der Waals surface area contributed by atoms with Gasteiger partial charge in [-0.3, -0.25) is 9.79 Å². The molecule has 0 saturated carbocycles. The fourth-order valence-corrected chi connectivity index (χ4v) is 4.09. The summed E-state index contributed by atoms with van der Waals surface area (Å²) in [6.45, 7) is 5.01. The van der Waals surface area contributed by atoms with Gasteiger partial charge in [0.15, 0.2) is 5.96 Å². The maximum absolute atomic E-state index is 12.5. The van der Waals surface area contributed by atoms with Crippen LogP contribution in [0.15, 0.2) is 34.6 Å². The third kappa shape index (κ3) is 5.32. The number of benzene rings is 1. The van der Waals surface area contributed by atoms with Gasteiger partial charge >= 0.3 is 0 Å². The molecule has 0 atom stereocenters. The van der Waals surface area contributed by atoms with Crippen LogP contribution in [0, 0.1) is 6.92 Å². The summed E-state index contributed by atoms with van der Waals surface area (Å²) in [4.78, 5) is 25.4. The lowest BCUT2D eigenvalue weighted by Crippen LogP contribution is -2.39. The maximum Gasteiger partial charge on any atom is 0.222 e. The number of aliphatic imine (C=N–C) groups is 1. The predicted molar refractivity (Wildman–Crippen MR) is 114 cm³/mol. The third-order valence-electron chi connectivity index (χ3n) is 4.97. The number of aryl methyl sites for hydroxylation is 1. The zero-order valence-electron chi connectivity index (χ0n) is 16.9. The molecule has 7 heteroatoms. The summed E-state index contributed by atoms with van der Waals surface area (Å²) in [5, 5.41) is 6.50. The predicted octanol–water partition coefficient (Wildman–Crippen LogP) is 2.82. The van der Waals surface area contributed by atoms with Gasteiger partial charge in [-0.05, 0) is 30.9 Å². The molecule has 0 spiro atoms. The van der Waals surface area contributed by atoms with Gasteiger partial charge in [-0.25, -0.2) is 4.98 Å². The van der Waals surface area contributed by atoms with Crippen LogP contribution in [0.25, 0.3) is 0 Å². The third-order valence-corrected chi connectivity index (χ3v) is 5.80. The molecule has 150 valence electrons. The lowest BCUT2D eigenvalue weighted by Gasteiger charge is -2.29. The van der Waals surface area contributed by atoms with E-state index >= 15 is 0 Å². The average Bonchev–Trinajstić information content (AvgIpc) is 3.11. The molecular weight excluding hydrogens is 370 g/mol. The quantitative estimate of drug-likeness (QED) is 0.461. The van der Waals surface area contributed by atoms with E-state index in [-0.39, 0.29) is 5.91 Å². The van der Waals surface area contributed by atoms with Crippen molar-refractivity contribution in [3.8, 4) is 0 Å². The molecule has 3 rings (SSSR count).